The molecule has 3 aliphatic rings. The van der Waals surface area contributed by atoms with E-state index >= 15 is 0 Å². The molecule has 3 fully saturated rings. The van der Waals surface area contributed by atoms with Gasteiger partial charge in [0.15, 0.2) is 0 Å². The van der Waals surface area contributed by atoms with Crippen molar-refractivity contribution in [1.29, 1.82) is 0 Å². The van der Waals surface area contributed by atoms with Crippen molar-refractivity contribution in [3.05, 3.63) is 0 Å². The predicted molar refractivity (Wildman–Crippen MR) is 53.7 cm³/mol. The van der Waals surface area contributed by atoms with Crippen molar-refractivity contribution in [3.63, 3.8) is 0 Å². The van der Waals surface area contributed by atoms with Crippen LogP contribution >= 0.6 is 0 Å². The van der Waals surface area contributed by atoms with E-state index in [2.05, 4.69) is 10.6 Å². The van der Waals surface area contributed by atoms with Gasteiger partial charge in [0, 0.05) is 18.5 Å². The SMILES string of the molecule is O=C(NC1CCNC1)C1C2CCCC21. The molecular weight excluding hydrogens is 176 g/mol. The van der Waals surface area contributed by atoms with Gasteiger partial charge >= 0.3 is 0 Å². The number of hydrogen-bond donors (Lipinski definition) is 2. The van der Waals surface area contributed by atoms with Gasteiger partial charge in [-0.1, -0.05) is 6.42 Å². The minimum Gasteiger partial charge on any atom is -0.352 e. The van der Waals surface area contributed by atoms with Crippen LogP contribution in [0, 0.1) is 17.8 Å². The molecule has 0 aromatic rings. The summed E-state index contributed by atoms with van der Waals surface area (Å²) in [4.78, 5) is 11.8. The first-order valence-electron chi connectivity index (χ1n) is 5.87. The highest BCUT2D eigenvalue weighted by Gasteiger charge is 2.56. The summed E-state index contributed by atoms with van der Waals surface area (Å²) in [6.07, 6.45) is 5.05. The van der Waals surface area contributed by atoms with Crippen LogP contribution in [-0.4, -0.2) is 25.0 Å². The van der Waals surface area contributed by atoms with Crippen molar-refractivity contribution in [2.24, 2.45) is 17.8 Å². The van der Waals surface area contributed by atoms with E-state index in [-0.39, 0.29) is 0 Å². The van der Waals surface area contributed by atoms with E-state index in [1.165, 1.54) is 19.3 Å². The van der Waals surface area contributed by atoms with Gasteiger partial charge in [0.05, 0.1) is 0 Å². The highest BCUT2D eigenvalue weighted by atomic mass is 16.2. The number of nitrogens with one attached hydrogen (secondary N) is 2. The van der Waals surface area contributed by atoms with Crippen molar-refractivity contribution >= 4 is 5.91 Å². The van der Waals surface area contributed by atoms with Gasteiger partial charge in [-0.15, -0.1) is 0 Å². The largest absolute Gasteiger partial charge is 0.352 e. The Morgan fingerprint density at radius 1 is 1.21 bits per heavy atom. The third-order valence-electron chi connectivity index (χ3n) is 4.12. The van der Waals surface area contributed by atoms with Gasteiger partial charge in [-0.05, 0) is 37.6 Å². The molecule has 3 nitrogen and oxygen atoms in total. The van der Waals surface area contributed by atoms with E-state index in [0.717, 1.165) is 31.3 Å². The maximum Gasteiger partial charge on any atom is 0.223 e. The van der Waals surface area contributed by atoms with Crippen LogP contribution in [0.4, 0.5) is 0 Å². The topological polar surface area (TPSA) is 41.1 Å². The van der Waals surface area contributed by atoms with Crippen LogP contribution < -0.4 is 10.6 Å². The van der Waals surface area contributed by atoms with Gasteiger partial charge < -0.3 is 10.6 Å². The van der Waals surface area contributed by atoms with E-state index < -0.39 is 0 Å². The highest BCUT2D eigenvalue weighted by Crippen LogP contribution is 2.57. The Morgan fingerprint density at radius 3 is 2.64 bits per heavy atom. The molecule has 3 rings (SSSR count). The number of amides is 1. The van der Waals surface area contributed by atoms with Gasteiger partial charge in [-0.2, -0.15) is 0 Å². The summed E-state index contributed by atoms with van der Waals surface area (Å²) in [6.45, 7) is 2.02. The molecule has 0 radical (unpaired) electrons. The minimum atomic E-state index is 0.341. The van der Waals surface area contributed by atoms with Crippen molar-refractivity contribution in [1.82, 2.24) is 10.6 Å². The zero-order valence-electron chi connectivity index (χ0n) is 8.46. The summed E-state index contributed by atoms with van der Waals surface area (Å²) < 4.78 is 0. The molecule has 1 saturated heterocycles. The number of carbonyl (C=O) groups is 1. The third-order valence-corrected chi connectivity index (χ3v) is 4.12. The van der Waals surface area contributed by atoms with Gasteiger partial charge in [0.1, 0.15) is 0 Å². The lowest BCUT2D eigenvalue weighted by Crippen LogP contribution is -2.37. The average molecular weight is 194 g/mol. The van der Waals surface area contributed by atoms with Crippen LogP contribution in [0.5, 0.6) is 0 Å². The van der Waals surface area contributed by atoms with Crippen LogP contribution in [0.1, 0.15) is 25.7 Å². The zero-order valence-corrected chi connectivity index (χ0v) is 8.46. The molecule has 1 heterocycles. The lowest BCUT2D eigenvalue weighted by molar-refractivity contribution is -0.123. The van der Waals surface area contributed by atoms with Crippen molar-refractivity contribution in [2.45, 2.75) is 31.7 Å². The van der Waals surface area contributed by atoms with Crippen LogP contribution in [-0.2, 0) is 4.79 Å². The standard InChI is InChI=1S/C11H18N2O/c14-11(13-7-4-5-12-6-7)10-8-2-1-3-9(8)10/h7-10,12H,1-6H2,(H,13,14). The lowest BCUT2D eigenvalue weighted by atomic mass is 10.1. The van der Waals surface area contributed by atoms with Gasteiger partial charge in [-0.25, -0.2) is 0 Å². The summed E-state index contributed by atoms with van der Waals surface area (Å²) in [5, 5.41) is 6.44. The Bertz CT molecular complexity index is 238. The lowest BCUT2D eigenvalue weighted by Gasteiger charge is -2.11. The normalized spacial score (nSPS) is 44.9. The molecule has 1 amide bonds. The highest BCUT2D eigenvalue weighted by molar-refractivity contribution is 5.82. The summed E-state index contributed by atoms with van der Waals surface area (Å²) in [5.41, 5.74) is 0. The Balaban J connectivity index is 1.51. The fraction of sp³-hybridized carbons (Fsp3) is 0.909. The molecule has 78 valence electrons. The molecular formula is C11H18N2O. The number of fused-ring (bicyclic) bond motifs is 1. The number of carbonyl (C=O) groups excluding carboxylic acids is 1. The molecule has 14 heavy (non-hydrogen) atoms. The monoisotopic (exact) mass is 194 g/mol. The first-order chi connectivity index (χ1) is 6.86. The van der Waals surface area contributed by atoms with Crippen LogP contribution in [0.2, 0.25) is 0 Å². The maximum absolute atomic E-state index is 11.8. The van der Waals surface area contributed by atoms with Crippen molar-refractivity contribution < 1.29 is 4.79 Å². The van der Waals surface area contributed by atoms with Crippen molar-refractivity contribution in [3.8, 4) is 0 Å². The first kappa shape index (κ1) is 8.72. The van der Waals surface area contributed by atoms with Crippen molar-refractivity contribution in [2.75, 3.05) is 13.1 Å². The van der Waals surface area contributed by atoms with E-state index in [4.69, 9.17) is 0 Å². The van der Waals surface area contributed by atoms with E-state index in [9.17, 15) is 4.79 Å². The Morgan fingerprint density at radius 2 is 2.00 bits per heavy atom. The van der Waals surface area contributed by atoms with E-state index in [1.807, 2.05) is 0 Å². The summed E-state index contributed by atoms with van der Waals surface area (Å²) in [5.74, 6) is 2.24. The molecule has 1 aliphatic heterocycles. The third kappa shape index (κ3) is 1.34. The molecule has 2 N–H and O–H groups in total. The smallest absolute Gasteiger partial charge is 0.223 e. The second-order valence-corrected chi connectivity index (χ2v) is 4.98. The first-order valence-corrected chi connectivity index (χ1v) is 5.87. The number of hydrogen-bond acceptors (Lipinski definition) is 2. The molecule has 0 bridgehead atoms. The Hall–Kier alpha value is -0.570. The second-order valence-electron chi connectivity index (χ2n) is 4.98. The molecule has 3 heteroatoms. The van der Waals surface area contributed by atoms with E-state index in [0.29, 0.717) is 17.9 Å². The van der Waals surface area contributed by atoms with Gasteiger partial charge in [0.25, 0.3) is 0 Å². The fourth-order valence-electron chi connectivity index (χ4n) is 3.29. The quantitative estimate of drug-likeness (QED) is 0.672. The Kier molecular flexibility index (Phi) is 2.01. The maximum atomic E-state index is 11.8. The molecule has 0 aromatic heterocycles. The van der Waals surface area contributed by atoms with Crippen LogP contribution in [0.15, 0.2) is 0 Å². The van der Waals surface area contributed by atoms with Gasteiger partial charge in [-0.3, -0.25) is 4.79 Å². The second kappa shape index (κ2) is 3.23. The molecule has 2 saturated carbocycles. The molecule has 3 unspecified atom stereocenters. The van der Waals surface area contributed by atoms with Gasteiger partial charge in [0.2, 0.25) is 5.91 Å². The summed E-state index contributed by atoms with van der Waals surface area (Å²) in [7, 11) is 0. The summed E-state index contributed by atoms with van der Waals surface area (Å²) in [6, 6.07) is 0.406. The molecule has 3 atom stereocenters. The zero-order chi connectivity index (χ0) is 9.54. The minimum absolute atomic E-state index is 0.341. The van der Waals surface area contributed by atoms with Crippen LogP contribution in [0.3, 0.4) is 0 Å². The Labute approximate surface area is 84.6 Å². The molecule has 2 aliphatic carbocycles. The van der Waals surface area contributed by atoms with Crippen LogP contribution in [0.25, 0.3) is 0 Å². The fourth-order valence-corrected chi connectivity index (χ4v) is 3.29. The molecule has 0 aromatic carbocycles. The van der Waals surface area contributed by atoms with E-state index in [1.54, 1.807) is 0 Å². The number of rotatable bonds is 2. The summed E-state index contributed by atoms with van der Waals surface area (Å²) >= 11 is 0. The predicted octanol–water partition coefficient (Wildman–Crippen LogP) is 0.511. The molecule has 0 spiro atoms. The average Bonchev–Trinajstić information content (AvgIpc) is 2.63.